The summed E-state index contributed by atoms with van der Waals surface area (Å²) >= 11 is 0. The topological polar surface area (TPSA) is 12.9 Å². The van der Waals surface area contributed by atoms with Crippen molar-refractivity contribution < 1.29 is 17.6 Å². The molecule has 5 heteroatoms. The van der Waals surface area contributed by atoms with Gasteiger partial charge in [-0.15, -0.1) is 0 Å². The van der Waals surface area contributed by atoms with E-state index < -0.39 is 11.7 Å². The van der Waals surface area contributed by atoms with Crippen LogP contribution in [0.25, 0.3) is 22.0 Å². The highest BCUT2D eigenvalue weighted by molar-refractivity contribution is 5.88. The first-order valence-electron chi connectivity index (χ1n) is 12.2. The van der Waals surface area contributed by atoms with Gasteiger partial charge in [0.1, 0.15) is 5.82 Å². The Bertz CT molecular complexity index is 1260. The molecule has 4 rings (SSSR count). The molecule has 0 aliphatic carbocycles. The maximum Gasteiger partial charge on any atom is 0.416 e. The summed E-state index contributed by atoms with van der Waals surface area (Å²) in [5, 5.41) is 1.33. The van der Waals surface area contributed by atoms with Gasteiger partial charge in [0.25, 0.3) is 0 Å². The lowest BCUT2D eigenvalue weighted by Crippen LogP contribution is -2.04. The van der Waals surface area contributed by atoms with E-state index in [0.717, 1.165) is 40.8 Å². The molecule has 0 radical (unpaired) electrons. The van der Waals surface area contributed by atoms with Crippen molar-refractivity contribution in [2.75, 3.05) is 0 Å². The van der Waals surface area contributed by atoms with Gasteiger partial charge < -0.3 is 0 Å². The van der Waals surface area contributed by atoms with Crippen molar-refractivity contribution in [1.29, 1.82) is 0 Å². The van der Waals surface area contributed by atoms with Crippen molar-refractivity contribution in [2.24, 2.45) is 0 Å². The third-order valence-electron chi connectivity index (χ3n) is 6.44. The zero-order chi connectivity index (χ0) is 24.8. The smallest absolute Gasteiger partial charge is 0.256 e. The van der Waals surface area contributed by atoms with Gasteiger partial charge in [0.05, 0.1) is 11.3 Å². The number of hydrogen-bond donors (Lipinski definition) is 0. The Kier molecular flexibility index (Phi) is 7.84. The number of rotatable bonds is 9. The van der Waals surface area contributed by atoms with Crippen LogP contribution in [-0.4, -0.2) is 4.98 Å². The Balaban J connectivity index is 1.44. The summed E-state index contributed by atoms with van der Waals surface area (Å²) < 4.78 is 53.4. The summed E-state index contributed by atoms with van der Waals surface area (Å²) in [6.45, 7) is 2.20. The lowest BCUT2D eigenvalue weighted by atomic mass is 9.98. The lowest BCUT2D eigenvalue weighted by Gasteiger charge is -2.10. The molecular formula is C30H29F4N. The molecule has 0 spiro atoms. The first-order valence-corrected chi connectivity index (χ1v) is 12.2. The fourth-order valence-electron chi connectivity index (χ4n) is 4.33. The van der Waals surface area contributed by atoms with Gasteiger partial charge in [-0.1, -0.05) is 68.7 Å². The second kappa shape index (κ2) is 11.0. The van der Waals surface area contributed by atoms with Crippen LogP contribution >= 0.6 is 0 Å². The predicted molar refractivity (Wildman–Crippen MR) is 134 cm³/mol. The van der Waals surface area contributed by atoms with E-state index in [2.05, 4.69) is 18.0 Å². The van der Waals surface area contributed by atoms with Crippen molar-refractivity contribution in [3.8, 4) is 11.3 Å². The van der Waals surface area contributed by atoms with Crippen molar-refractivity contribution in [2.45, 2.75) is 58.0 Å². The SMILES string of the molecule is CCCCCCc1ccc(-c2ccc3c(F)c(CCc4ccc(C(F)(F)F)cc4)ccc3c2)nc1. The third kappa shape index (κ3) is 6.27. The van der Waals surface area contributed by atoms with Crippen LogP contribution in [0.2, 0.25) is 0 Å². The van der Waals surface area contributed by atoms with Crippen molar-refractivity contribution in [3.05, 3.63) is 101 Å². The van der Waals surface area contributed by atoms with E-state index in [0.29, 0.717) is 23.8 Å². The van der Waals surface area contributed by atoms with Crippen LogP contribution in [0.1, 0.15) is 54.9 Å². The highest BCUT2D eigenvalue weighted by Crippen LogP contribution is 2.30. The molecule has 4 aromatic rings. The number of pyridine rings is 1. The molecule has 0 fully saturated rings. The summed E-state index contributed by atoms with van der Waals surface area (Å²) in [7, 11) is 0. The highest BCUT2D eigenvalue weighted by atomic mass is 19.4. The second-order valence-electron chi connectivity index (χ2n) is 9.03. The molecule has 0 aliphatic rings. The molecule has 0 unspecified atom stereocenters. The number of hydrogen-bond acceptors (Lipinski definition) is 1. The van der Waals surface area contributed by atoms with Crippen molar-refractivity contribution in [3.63, 3.8) is 0 Å². The molecular weight excluding hydrogens is 450 g/mol. The molecule has 0 amide bonds. The molecule has 0 atom stereocenters. The quantitative estimate of drug-likeness (QED) is 0.172. The van der Waals surface area contributed by atoms with Crippen LogP contribution in [0.15, 0.2) is 72.9 Å². The van der Waals surface area contributed by atoms with Gasteiger partial charge in [0.2, 0.25) is 0 Å². The van der Waals surface area contributed by atoms with E-state index in [9.17, 15) is 13.2 Å². The molecule has 35 heavy (non-hydrogen) atoms. The minimum Gasteiger partial charge on any atom is -0.256 e. The number of unbranched alkanes of at least 4 members (excludes halogenated alkanes) is 3. The van der Waals surface area contributed by atoms with E-state index in [-0.39, 0.29) is 5.82 Å². The van der Waals surface area contributed by atoms with Gasteiger partial charge in [-0.25, -0.2) is 4.39 Å². The zero-order valence-corrected chi connectivity index (χ0v) is 19.8. The second-order valence-corrected chi connectivity index (χ2v) is 9.03. The average Bonchev–Trinajstić information content (AvgIpc) is 2.86. The first kappa shape index (κ1) is 24.9. The Morgan fingerprint density at radius 1 is 0.743 bits per heavy atom. The Labute approximate surface area is 203 Å². The van der Waals surface area contributed by atoms with Crippen LogP contribution in [0.4, 0.5) is 17.6 Å². The summed E-state index contributed by atoms with van der Waals surface area (Å²) in [5.74, 6) is -0.281. The number of aryl methyl sites for hydroxylation is 3. The Morgan fingerprint density at radius 2 is 1.51 bits per heavy atom. The fourth-order valence-corrected chi connectivity index (χ4v) is 4.33. The van der Waals surface area contributed by atoms with E-state index >= 15 is 4.39 Å². The predicted octanol–water partition coefficient (Wildman–Crippen LogP) is 8.97. The van der Waals surface area contributed by atoms with Crippen LogP contribution < -0.4 is 0 Å². The molecule has 3 aromatic carbocycles. The van der Waals surface area contributed by atoms with Gasteiger partial charge in [-0.2, -0.15) is 13.2 Å². The van der Waals surface area contributed by atoms with Gasteiger partial charge in [0, 0.05) is 17.1 Å². The van der Waals surface area contributed by atoms with E-state index in [1.54, 1.807) is 12.1 Å². The number of nitrogens with zero attached hydrogens (tertiary/aromatic N) is 1. The summed E-state index contributed by atoms with van der Waals surface area (Å²) in [4.78, 5) is 4.61. The maximum atomic E-state index is 15.2. The van der Waals surface area contributed by atoms with Gasteiger partial charge in [-0.05, 0) is 72.0 Å². The normalized spacial score (nSPS) is 11.8. The third-order valence-corrected chi connectivity index (χ3v) is 6.44. The summed E-state index contributed by atoms with van der Waals surface area (Å²) in [6, 6.07) is 18.5. The van der Waals surface area contributed by atoms with Gasteiger partial charge in [0.15, 0.2) is 0 Å². The van der Waals surface area contributed by atoms with Crippen LogP contribution in [0.3, 0.4) is 0 Å². The summed E-state index contributed by atoms with van der Waals surface area (Å²) in [6.07, 6.45) is 4.38. The molecule has 1 aromatic heterocycles. The largest absolute Gasteiger partial charge is 0.416 e. The minimum absolute atomic E-state index is 0.281. The molecule has 1 heterocycles. The molecule has 0 saturated carbocycles. The number of halogens is 4. The number of benzene rings is 3. The first-order chi connectivity index (χ1) is 16.8. The monoisotopic (exact) mass is 479 g/mol. The molecule has 0 N–H and O–H groups in total. The number of alkyl halides is 3. The fraction of sp³-hybridized carbons (Fsp3) is 0.300. The van der Waals surface area contributed by atoms with E-state index in [1.807, 2.05) is 30.5 Å². The standard InChI is InChI=1S/C30H29F4N/c1-2-3-4-5-6-22-10-18-28(35-20-22)25-14-17-27-24(19-25)13-12-23(29(27)31)11-7-21-8-15-26(16-9-21)30(32,33)34/h8-10,12-20H,2-7,11H2,1H3. The molecule has 0 saturated heterocycles. The molecule has 182 valence electrons. The molecule has 0 bridgehead atoms. The van der Waals surface area contributed by atoms with Crippen LogP contribution in [0.5, 0.6) is 0 Å². The van der Waals surface area contributed by atoms with E-state index in [1.165, 1.54) is 43.4 Å². The van der Waals surface area contributed by atoms with Gasteiger partial charge >= 0.3 is 6.18 Å². The van der Waals surface area contributed by atoms with Gasteiger partial charge in [-0.3, -0.25) is 4.98 Å². The molecule has 0 aliphatic heterocycles. The Hall–Kier alpha value is -3.21. The minimum atomic E-state index is -4.35. The lowest BCUT2D eigenvalue weighted by molar-refractivity contribution is -0.137. The summed E-state index contributed by atoms with van der Waals surface area (Å²) in [5.41, 5.74) is 3.64. The van der Waals surface area contributed by atoms with Crippen LogP contribution in [-0.2, 0) is 25.4 Å². The average molecular weight is 480 g/mol. The zero-order valence-electron chi connectivity index (χ0n) is 19.8. The van der Waals surface area contributed by atoms with Crippen molar-refractivity contribution >= 4 is 10.8 Å². The molecule has 1 nitrogen and oxygen atoms in total. The maximum absolute atomic E-state index is 15.2. The van der Waals surface area contributed by atoms with E-state index in [4.69, 9.17) is 0 Å². The Morgan fingerprint density at radius 3 is 2.20 bits per heavy atom. The van der Waals surface area contributed by atoms with Crippen LogP contribution in [0, 0.1) is 5.82 Å². The number of aromatic nitrogens is 1. The van der Waals surface area contributed by atoms with Crippen molar-refractivity contribution in [1.82, 2.24) is 4.98 Å². The highest BCUT2D eigenvalue weighted by Gasteiger charge is 2.29. The number of fused-ring (bicyclic) bond motifs is 1.